The Morgan fingerprint density at radius 2 is 2.09 bits per heavy atom. The Bertz CT molecular complexity index is 114. The lowest BCUT2D eigenvalue weighted by Crippen LogP contribution is -2.23. The summed E-state index contributed by atoms with van der Waals surface area (Å²) in [6.07, 6.45) is 4.58. The van der Waals surface area contributed by atoms with Crippen molar-refractivity contribution in [2.75, 3.05) is 7.05 Å². The van der Waals surface area contributed by atoms with E-state index in [-0.39, 0.29) is 0 Å². The largest absolute Gasteiger partial charge is 0.376 e. The van der Waals surface area contributed by atoms with Gasteiger partial charge in [0.2, 0.25) is 0 Å². The molecule has 0 aromatic carbocycles. The Morgan fingerprint density at radius 3 is 2.55 bits per heavy atom. The van der Waals surface area contributed by atoms with Gasteiger partial charge in [0.05, 0.1) is 12.2 Å². The zero-order chi connectivity index (χ0) is 8.27. The van der Waals surface area contributed by atoms with Crippen molar-refractivity contribution >= 4 is 0 Å². The summed E-state index contributed by atoms with van der Waals surface area (Å²) in [5.74, 6) is 0. The topological polar surface area (TPSA) is 21.3 Å². The van der Waals surface area contributed by atoms with Crippen LogP contribution in [-0.4, -0.2) is 25.3 Å². The van der Waals surface area contributed by atoms with E-state index >= 15 is 0 Å². The fraction of sp³-hybridized carbons (Fsp3) is 1.00. The fourth-order valence-corrected chi connectivity index (χ4v) is 1.71. The van der Waals surface area contributed by atoms with Gasteiger partial charge in [0.15, 0.2) is 0 Å². The standard InChI is InChI=1S/C9H19NO/c1-7(2)11-9-5-4-8(6-9)10-3/h7-10H,4-6H2,1-3H3/t8-,9+/m0/s1. The highest BCUT2D eigenvalue weighted by atomic mass is 16.5. The van der Waals surface area contributed by atoms with Crippen LogP contribution in [0.25, 0.3) is 0 Å². The van der Waals surface area contributed by atoms with Crippen molar-refractivity contribution in [3.05, 3.63) is 0 Å². The first-order valence-electron chi connectivity index (χ1n) is 4.55. The minimum Gasteiger partial charge on any atom is -0.376 e. The second-order valence-electron chi connectivity index (χ2n) is 3.61. The van der Waals surface area contributed by atoms with Crippen LogP contribution in [0.3, 0.4) is 0 Å². The monoisotopic (exact) mass is 157 g/mol. The van der Waals surface area contributed by atoms with Crippen molar-refractivity contribution in [1.82, 2.24) is 5.32 Å². The van der Waals surface area contributed by atoms with E-state index in [1.54, 1.807) is 0 Å². The summed E-state index contributed by atoms with van der Waals surface area (Å²) in [4.78, 5) is 0. The Hall–Kier alpha value is -0.0800. The van der Waals surface area contributed by atoms with Crippen LogP contribution in [0.5, 0.6) is 0 Å². The summed E-state index contributed by atoms with van der Waals surface area (Å²) in [7, 11) is 2.03. The maximum Gasteiger partial charge on any atom is 0.0594 e. The third-order valence-electron chi connectivity index (χ3n) is 2.26. The molecule has 0 aliphatic heterocycles. The van der Waals surface area contributed by atoms with E-state index in [4.69, 9.17) is 4.74 Å². The molecule has 1 rings (SSSR count). The molecule has 1 aliphatic carbocycles. The van der Waals surface area contributed by atoms with Crippen molar-refractivity contribution in [3.8, 4) is 0 Å². The van der Waals surface area contributed by atoms with Gasteiger partial charge in [-0.15, -0.1) is 0 Å². The van der Waals surface area contributed by atoms with Gasteiger partial charge in [0, 0.05) is 6.04 Å². The van der Waals surface area contributed by atoms with E-state index in [0.29, 0.717) is 18.2 Å². The molecular weight excluding hydrogens is 138 g/mol. The lowest BCUT2D eigenvalue weighted by molar-refractivity contribution is 0.0114. The van der Waals surface area contributed by atoms with Crippen LogP contribution < -0.4 is 5.32 Å². The summed E-state index contributed by atoms with van der Waals surface area (Å²) in [5, 5.41) is 3.29. The van der Waals surface area contributed by atoms with Gasteiger partial charge < -0.3 is 10.1 Å². The molecule has 1 aliphatic rings. The average Bonchev–Trinajstić information content (AvgIpc) is 2.34. The highest BCUT2D eigenvalue weighted by Gasteiger charge is 2.24. The van der Waals surface area contributed by atoms with Crippen LogP contribution in [0.2, 0.25) is 0 Å². The van der Waals surface area contributed by atoms with Crippen molar-refractivity contribution < 1.29 is 4.74 Å². The third kappa shape index (κ3) is 2.80. The SMILES string of the molecule is CN[C@H]1CC[C@@H](OC(C)C)C1. The normalized spacial score (nSPS) is 31.6. The number of ether oxygens (including phenoxy) is 1. The van der Waals surface area contributed by atoms with Crippen LogP contribution in [0.1, 0.15) is 33.1 Å². The van der Waals surface area contributed by atoms with Gasteiger partial charge in [-0.05, 0) is 40.2 Å². The summed E-state index contributed by atoms with van der Waals surface area (Å²) >= 11 is 0. The van der Waals surface area contributed by atoms with Crippen molar-refractivity contribution in [1.29, 1.82) is 0 Å². The van der Waals surface area contributed by atoms with Gasteiger partial charge in [0.25, 0.3) is 0 Å². The summed E-state index contributed by atoms with van der Waals surface area (Å²) in [5.41, 5.74) is 0. The molecule has 0 radical (unpaired) electrons. The summed E-state index contributed by atoms with van der Waals surface area (Å²) in [6.45, 7) is 4.21. The Kier molecular flexibility index (Phi) is 3.34. The molecule has 11 heavy (non-hydrogen) atoms. The number of nitrogens with one attached hydrogen (secondary N) is 1. The smallest absolute Gasteiger partial charge is 0.0594 e. The Labute approximate surface area is 69.3 Å². The predicted octanol–water partition coefficient (Wildman–Crippen LogP) is 1.55. The molecule has 1 saturated carbocycles. The first-order chi connectivity index (χ1) is 5.22. The van der Waals surface area contributed by atoms with Crippen LogP contribution in [0.4, 0.5) is 0 Å². The maximum atomic E-state index is 5.70. The van der Waals surface area contributed by atoms with Gasteiger partial charge in [-0.3, -0.25) is 0 Å². The van der Waals surface area contributed by atoms with E-state index in [2.05, 4.69) is 19.2 Å². The van der Waals surface area contributed by atoms with Gasteiger partial charge in [-0.1, -0.05) is 0 Å². The van der Waals surface area contributed by atoms with Gasteiger partial charge >= 0.3 is 0 Å². The quantitative estimate of drug-likeness (QED) is 0.671. The van der Waals surface area contributed by atoms with E-state index in [9.17, 15) is 0 Å². The molecule has 0 heterocycles. The van der Waals surface area contributed by atoms with E-state index in [1.807, 2.05) is 7.05 Å². The molecule has 0 spiro atoms. The molecule has 0 bridgehead atoms. The van der Waals surface area contributed by atoms with E-state index in [0.717, 1.165) is 0 Å². The molecule has 0 amide bonds. The third-order valence-corrected chi connectivity index (χ3v) is 2.26. The van der Waals surface area contributed by atoms with E-state index < -0.39 is 0 Å². The number of rotatable bonds is 3. The fourth-order valence-electron chi connectivity index (χ4n) is 1.71. The lowest BCUT2D eigenvalue weighted by Gasteiger charge is -2.14. The highest BCUT2D eigenvalue weighted by molar-refractivity contribution is 4.80. The van der Waals surface area contributed by atoms with Crippen molar-refractivity contribution in [2.45, 2.75) is 51.4 Å². The number of hydrogen-bond donors (Lipinski definition) is 1. The van der Waals surface area contributed by atoms with Gasteiger partial charge in [-0.2, -0.15) is 0 Å². The molecule has 2 heteroatoms. The first-order valence-corrected chi connectivity index (χ1v) is 4.55. The molecule has 1 fully saturated rings. The minimum atomic E-state index is 0.385. The molecule has 0 aromatic heterocycles. The molecule has 0 aromatic rings. The van der Waals surface area contributed by atoms with Crippen molar-refractivity contribution in [3.63, 3.8) is 0 Å². The second-order valence-corrected chi connectivity index (χ2v) is 3.61. The molecule has 0 saturated heterocycles. The minimum absolute atomic E-state index is 0.385. The van der Waals surface area contributed by atoms with Gasteiger partial charge in [-0.25, -0.2) is 0 Å². The Morgan fingerprint density at radius 1 is 1.36 bits per heavy atom. The summed E-state index contributed by atoms with van der Waals surface area (Å²) < 4.78 is 5.70. The molecule has 2 nitrogen and oxygen atoms in total. The number of hydrogen-bond acceptors (Lipinski definition) is 2. The molecule has 2 atom stereocenters. The lowest BCUT2D eigenvalue weighted by atomic mass is 10.2. The average molecular weight is 157 g/mol. The van der Waals surface area contributed by atoms with Crippen LogP contribution in [0, 0.1) is 0 Å². The Balaban J connectivity index is 2.19. The summed E-state index contributed by atoms with van der Waals surface area (Å²) in [6, 6.07) is 0.693. The molecule has 0 unspecified atom stereocenters. The van der Waals surface area contributed by atoms with Crippen LogP contribution in [0.15, 0.2) is 0 Å². The van der Waals surface area contributed by atoms with Crippen LogP contribution in [-0.2, 0) is 4.74 Å². The highest BCUT2D eigenvalue weighted by Crippen LogP contribution is 2.22. The zero-order valence-electron chi connectivity index (χ0n) is 7.76. The molecule has 1 N–H and O–H groups in total. The van der Waals surface area contributed by atoms with Gasteiger partial charge in [0.1, 0.15) is 0 Å². The predicted molar refractivity (Wildman–Crippen MR) is 46.7 cm³/mol. The van der Waals surface area contributed by atoms with Crippen molar-refractivity contribution in [2.24, 2.45) is 0 Å². The maximum absolute atomic E-state index is 5.70. The molecular formula is C9H19NO. The second kappa shape index (κ2) is 4.07. The van der Waals surface area contributed by atoms with Crippen LogP contribution >= 0.6 is 0 Å². The first kappa shape index (κ1) is 9.01. The van der Waals surface area contributed by atoms with E-state index in [1.165, 1.54) is 19.3 Å². The zero-order valence-corrected chi connectivity index (χ0v) is 7.76. The molecule has 66 valence electrons.